The highest BCUT2D eigenvalue weighted by molar-refractivity contribution is 6.61. The average molecular weight is 262 g/mol. The van der Waals surface area contributed by atoms with E-state index in [0.29, 0.717) is 11.0 Å². The minimum Gasteiger partial charge on any atom is -0.456 e. The topological polar surface area (TPSA) is 53.6 Å². The van der Waals surface area contributed by atoms with E-state index in [2.05, 4.69) is 12.1 Å². The van der Waals surface area contributed by atoms with E-state index in [-0.39, 0.29) is 0 Å². The summed E-state index contributed by atoms with van der Waals surface area (Å²) in [4.78, 5) is 0. The minimum atomic E-state index is -1.54. The Balaban J connectivity index is 2.26. The maximum atomic E-state index is 9.46. The molecule has 0 fully saturated rings. The molecule has 0 saturated heterocycles. The molecule has 3 aromatic carbocycles. The third kappa shape index (κ3) is 1.49. The Morgan fingerprint density at radius 1 is 0.800 bits per heavy atom. The van der Waals surface area contributed by atoms with Gasteiger partial charge in [0.2, 0.25) is 0 Å². The Hall–Kier alpha value is -2.30. The highest BCUT2D eigenvalue weighted by Crippen LogP contribution is 2.33. The van der Waals surface area contributed by atoms with Gasteiger partial charge in [-0.05, 0) is 16.8 Å². The maximum Gasteiger partial charge on any atom is 0.492 e. The quantitative estimate of drug-likeness (QED) is 0.518. The van der Waals surface area contributed by atoms with Crippen molar-refractivity contribution >= 4 is 45.3 Å². The van der Waals surface area contributed by atoms with Crippen molar-refractivity contribution in [3.05, 3.63) is 54.6 Å². The maximum absolute atomic E-state index is 9.46. The first-order valence-corrected chi connectivity index (χ1v) is 6.45. The predicted octanol–water partition coefficient (Wildman–Crippen LogP) is 2.42. The van der Waals surface area contributed by atoms with Crippen LogP contribution in [0.25, 0.3) is 32.7 Å². The molecule has 20 heavy (non-hydrogen) atoms. The van der Waals surface area contributed by atoms with Crippen molar-refractivity contribution in [2.45, 2.75) is 0 Å². The fraction of sp³-hybridized carbons (Fsp3) is 0. The number of rotatable bonds is 1. The summed E-state index contributed by atoms with van der Waals surface area (Å²) in [6.45, 7) is 0. The second-order valence-corrected chi connectivity index (χ2v) is 4.86. The largest absolute Gasteiger partial charge is 0.492 e. The standard InChI is InChI=1S/C16H11BO3/c18-17(19)13-7-3-6-12-15-11-5-2-1-4-10(11)8-9-14(15)20-16(12)13/h1-9,18-19H. The molecule has 0 spiro atoms. The van der Waals surface area contributed by atoms with Gasteiger partial charge in [-0.15, -0.1) is 0 Å². The lowest BCUT2D eigenvalue weighted by atomic mass is 9.79. The van der Waals surface area contributed by atoms with Crippen LogP contribution in [0.5, 0.6) is 0 Å². The molecule has 0 radical (unpaired) electrons. The number of furan rings is 1. The molecule has 1 heterocycles. The summed E-state index contributed by atoms with van der Waals surface area (Å²) < 4.78 is 5.83. The Labute approximate surface area is 115 Å². The monoisotopic (exact) mass is 262 g/mol. The summed E-state index contributed by atoms with van der Waals surface area (Å²) in [6.07, 6.45) is 0. The second-order valence-electron chi connectivity index (χ2n) is 4.86. The summed E-state index contributed by atoms with van der Waals surface area (Å²) >= 11 is 0. The summed E-state index contributed by atoms with van der Waals surface area (Å²) in [5, 5.41) is 23.1. The van der Waals surface area contributed by atoms with Crippen molar-refractivity contribution in [1.29, 1.82) is 0 Å². The van der Waals surface area contributed by atoms with Gasteiger partial charge in [0.25, 0.3) is 0 Å². The molecule has 3 nitrogen and oxygen atoms in total. The minimum absolute atomic E-state index is 0.391. The van der Waals surface area contributed by atoms with Gasteiger partial charge in [-0.2, -0.15) is 0 Å². The molecule has 0 bridgehead atoms. The van der Waals surface area contributed by atoms with Crippen LogP contribution in [0, 0.1) is 0 Å². The van der Waals surface area contributed by atoms with E-state index in [9.17, 15) is 10.0 Å². The van der Waals surface area contributed by atoms with Gasteiger partial charge in [0, 0.05) is 16.2 Å². The van der Waals surface area contributed by atoms with Gasteiger partial charge < -0.3 is 14.5 Å². The molecule has 96 valence electrons. The van der Waals surface area contributed by atoms with Crippen LogP contribution in [0.2, 0.25) is 0 Å². The number of hydrogen-bond donors (Lipinski definition) is 2. The highest BCUT2D eigenvalue weighted by atomic mass is 16.4. The van der Waals surface area contributed by atoms with Gasteiger partial charge in [-0.1, -0.05) is 48.5 Å². The van der Waals surface area contributed by atoms with Gasteiger partial charge in [0.15, 0.2) is 0 Å². The molecule has 0 aliphatic carbocycles. The molecular formula is C16H11BO3. The van der Waals surface area contributed by atoms with E-state index < -0.39 is 7.12 Å². The van der Waals surface area contributed by atoms with Gasteiger partial charge in [0.1, 0.15) is 11.2 Å². The van der Waals surface area contributed by atoms with E-state index >= 15 is 0 Å². The first-order chi connectivity index (χ1) is 9.75. The molecular weight excluding hydrogens is 251 g/mol. The molecule has 4 rings (SSSR count). The first-order valence-electron chi connectivity index (χ1n) is 6.45. The van der Waals surface area contributed by atoms with E-state index in [1.165, 1.54) is 0 Å². The summed E-state index contributed by atoms with van der Waals surface area (Å²) in [6, 6.07) is 17.4. The van der Waals surface area contributed by atoms with Gasteiger partial charge >= 0.3 is 7.12 Å². The van der Waals surface area contributed by atoms with Crippen molar-refractivity contribution in [3.63, 3.8) is 0 Å². The van der Waals surface area contributed by atoms with E-state index in [0.717, 1.165) is 27.1 Å². The zero-order valence-corrected chi connectivity index (χ0v) is 10.6. The number of fused-ring (bicyclic) bond motifs is 5. The molecule has 4 heteroatoms. The van der Waals surface area contributed by atoms with Gasteiger partial charge in [-0.3, -0.25) is 0 Å². The van der Waals surface area contributed by atoms with Gasteiger partial charge in [0.05, 0.1) is 0 Å². The lowest BCUT2D eigenvalue weighted by molar-refractivity contribution is 0.425. The van der Waals surface area contributed by atoms with Crippen LogP contribution in [-0.2, 0) is 0 Å². The van der Waals surface area contributed by atoms with E-state index in [1.807, 2.05) is 36.4 Å². The van der Waals surface area contributed by atoms with Crippen molar-refractivity contribution in [3.8, 4) is 0 Å². The van der Waals surface area contributed by atoms with Crippen LogP contribution in [0.4, 0.5) is 0 Å². The number of para-hydroxylation sites is 1. The molecule has 1 aromatic heterocycles. The molecule has 0 aliphatic heterocycles. The predicted molar refractivity (Wildman–Crippen MR) is 81.1 cm³/mol. The van der Waals surface area contributed by atoms with Crippen LogP contribution in [-0.4, -0.2) is 17.2 Å². The third-order valence-corrected chi connectivity index (χ3v) is 3.70. The first kappa shape index (κ1) is 11.5. The fourth-order valence-corrected chi connectivity index (χ4v) is 2.79. The number of hydrogen-bond acceptors (Lipinski definition) is 3. The normalized spacial score (nSPS) is 11.5. The van der Waals surface area contributed by atoms with Crippen molar-refractivity contribution < 1.29 is 14.5 Å². The van der Waals surface area contributed by atoms with Gasteiger partial charge in [-0.25, -0.2) is 0 Å². The summed E-state index contributed by atoms with van der Waals surface area (Å²) in [7, 11) is -1.54. The average Bonchev–Trinajstić information content (AvgIpc) is 2.85. The van der Waals surface area contributed by atoms with Crippen LogP contribution >= 0.6 is 0 Å². The zero-order valence-electron chi connectivity index (χ0n) is 10.6. The zero-order chi connectivity index (χ0) is 13.7. The molecule has 0 aliphatic rings. The van der Waals surface area contributed by atoms with Crippen LogP contribution < -0.4 is 5.46 Å². The van der Waals surface area contributed by atoms with Crippen LogP contribution in [0.1, 0.15) is 0 Å². The molecule has 2 N–H and O–H groups in total. The van der Waals surface area contributed by atoms with Crippen molar-refractivity contribution in [2.24, 2.45) is 0 Å². The SMILES string of the molecule is OB(O)c1cccc2c1oc1ccc3ccccc3c12. The lowest BCUT2D eigenvalue weighted by Gasteiger charge is -2.00. The smallest absolute Gasteiger partial charge is 0.456 e. The Kier molecular flexibility index (Phi) is 2.36. The molecule has 0 amide bonds. The molecule has 4 aromatic rings. The Morgan fingerprint density at radius 2 is 1.60 bits per heavy atom. The van der Waals surface area contributed by atoms with E-state index in [1.54, 1.807) is 6.07 Å². The van der Waals surface area contributed by atoms with Crippen molar-refractivity contribution in [1.82, 2.24) is 0 Å². The molecule has 0 unspecified atom stereocenters. The second kappa shape index (κ2) is 4.10. The highest BCUT2D eigenvalue weighted by Gasteiger charge is 2.19. The number of benzene rings is 3. The van der Waals surface area contributed by atoms with Crippen molar-refractivity contribution in [2.75, 3.05) is 0 Å². The molecule has 0 atom stereocenters. The van der Waals surface area contributed by atoms with Crippen LogP contribution in [0.15, 0.2) is 59.0 Å². The Bertz CT molecular complexity index is 940. The fourth-order valence-electron chi connectivity index (χ4n) is 2.79. The lowest BCUT2D eigenvalue weighted by Crippen LogP contribution is -2.29. The van der Waals surface area contributed by atoms with E-state index in [4.69, 9.17) is 4.42 Å². The molecule has 0 saturated carbocycles. The Morgan fingerprint density at radius 3 is 2.45 bits per heavy atom. The van der Waals surface area contributed by atoms with Crippen LogP contribution in [0.3, 0.4) is 0 Å². The summed E-state index contributed by atoms with van der Waals surface area (Å²) in [5.41, 5.74) is 1.68. The third-order valence-electron chi connectivity index (χ3n) is 3.70. The summed E-state index contributed by atoms with van der Waals surface area (Å²) in [5.74, 6) is 0.